The smallest absolute Gasteiger partial charge is 0.0642 e. The van der Waals surface area contributed by atoms with Crippen molar-refractivity contribution in [2.24, 2.45) is 5.92 Å². The molecule has 0 radical (unpaired) electrons. The van der Waals surface area contributed by atoms with Crippen molar-refractivity contribution in [1.29, 1.82) is 0 Å². The normalized spacial score (nSPS) is 25.4. The summed E-state index contributed by atoms with van der Waals surface area (Å²) in [5, 5.41) is 13.7. The first-order chi connectivity index (χ1) is 9.61. The van der Waals surface area contributed by atoms with Gasteiger partial charge >= 0.3 is 0 Å². The summed E-state index contributed by atoms with van der Waals surface area (Å²) in [6.45, 7) is 1.87. The van der Waals surface area contributed by atoms with Crippen molar-refractivity contribution in [3.63, 3.8) is 0 Å². The molecule has 2 N–H and O–H groups in total. The molecule has 4 heteroatoms. The highest BCUT2D eigenvalue weighted by atomic mass is 35.5. The second-order valence-electron chi connectivity index (χ2n) is 6.31. The maximum atomic E-state index is 9.35. The highest BCUT2D eigenvalue weighted by Gasteiger charge is 2.28. The van der Waals surface area contributed by atoms with Gasteiger partial charge in [0.05, 0.1) is 16.8 Å². The average molecular weight is 295 g/mol. The zero-order chi connectivity index (χ0) is 14.1. The summed E-state index contributed by atoms with van der Waals surface area (Å²) in [7, 11) is 2.08. The van der Waals surface area contributed by atoms with E-state index in [-0.39, 0.29) is 6.10 Å². The molecule has 3 nitrogen and oxygen atoms in total. The van der Waals surface area contributed by atoms with E-state index in [2.05, 4.69) is 35.5 Å². The predicted molar refractivity (Wildman–Crippen MR) is 83.3 cm³/mol. The molecular weight excluding hydrogens is 272 g/mol. The molecule has 0 spiro atoms. The summed E-state index contributed by atoms with van der Waals surface area (Å²) >= 11 is 6.41. The van der Waals surface area contributed by atoms with Crippen LogP contribution in [0, 0.1) is 5.92 Å². The Morgan fingerprint density at radius 3 is 2.70 bits per heavy atom. The second kappa shape index (κ2) is 5.92. The lowest BCUT2D eigenvalue weighted by Gasteiger charge is -2.35. The van der Waals surface area contributed by atoms with Crippen LogP contribution in [-0.2, 0) is 6.54 Å². The molecule has 2 saturated carbocycles. The molecule has 110 valence electrons. The Balaban J connectivity index is 1.57. The van der Waals surface area contributed by atoms with E-state index < -0.39 is 0 Å². The van der Waals surface area contributed by atoms with Crippen LogP contribution < -0.4 is 10.2 Å². The van der Waals surface area contributed by atoms with Gasteiger partial charge in [0.15, 0.2) is 0 Å². The number of aliphatic hydroxyl groups is 1. The van der Waals surface area contributed by atoms with Gasteiger partial charge in [-0.2, -0.15) is 0 Å². The lowest BCUT2D eigenvalue weighted by atomic mass is 9.82. The maximum absolute atomic E-state index is 9.35. The predicted octanol–water partition coefficient (Wildman–Crippen LogP) is 2.80. The molecule has 0 amide bonds. The maximum Gasteiger partial charge on any atom is 0.0642 e. The van der Waals surface area contributed by atoms with E-state index in [1.165, 1.54) is 18.4 Å². The Morgan fingerprint density at radius 2 is 2.10 bits per heavy atom. The van der Waals surface area contributed by atoms with Gasteiger partial charge < -0.3 is 15.3 Å². The average Bonchev–Trinajstić information content (AvgIpc) is 3.18. The minimum atomic E-state index is -0.0836. The number of hydrogen-bond acceptors (Lipinski definition) is 3. The van der Waals surface area contributed by atoms with Crippen molar-refractivity contribution < 1.29 is 5.11 Å². The van der Waals surface area contributed by atoms with E-state index in [1.54, 1.807) is 0 Å². The third kappa shape index (κ3) is 3.46. The van der Waals surface area contributed by atoms with Crippen molar-refractivity contribution in [1.82, 2.24) is 5.32 Å². The monoisotopic (exact) mass is 294 g/mol. The number of rotatable bonds is 6. The molecule has 0 saturated heterocycles. The van der Waals surface area contributed by atoms with Gasteiger partial charge in [0.2, 0.25) is 0 Å². The van der Waals surface area contributed by atoms with Crippen molar-refractivity contribution in [2.45, 2.75) is 44.4 Å². The Morgan fingerprint density at radius 1 is 1.35 bits per heavy atom. The lowest BCUT2D eigenvalue weighted by Crippen LogP contribution is -2.37. The van der Waals surface area contributed by atoms with Crippen LogP contribution in [0.2, 0.25) is 5.02 Å². The van der Waals surface area contributed by atoms with Crippen LogP contribution in [0.5, 0.6) is 0 Å². The number of anilines is 1. The molecule has 0 aromatic heterocycles. The standard InChI is InChI=1S/C16H23ClN2O/c1-19(10-12-6-14(20)7-12)16-5-2-11(8-15(16)17)9-18-13-3-4-13/h2,5,8,12-14,18,20H,3-4,6-7,9-10H2,1H3. The summed E-state index contributed by atoms with van der Waals surface area (Å²) in [5.41, 5.74) is 2.33. The fourth-order valence-corrected chi connectivity index (χ4v) is 3.20. The Hall–Kier alpha value is -0.770. The van der Waals surface area contributed by atoms with Crippen LogP contribution in [0.1, 0.15) is 31.2 Å². The van der Waals surface area contributed by atoms with Gasteiger partial charge in [-0.25, -0.2) is 0 Å². The van der Waals surface area contributed by atoms with Crippen LogP contribution in [0.25, 0.3) is 0 Å². The highest BCUT2D eigenvalue weighted by Crippen LogP contribution is 2.32. The zero-order valence-corrected chi connectivity index (χ0v) is 12.7. The van der Waals surface area contributed by atoms with Gasteiger partial charge in [-0.15, -0.1) is 0 Å². The summed E-state index contributed by atoms with van der Waals surface area (Å²) in [5.74, 6) is 0.599. The molecule has 0 bridgehead atoms. The van der Waals surface area contributed by atoms with Gasteiger partial charge in [-0.3, -0.25) is 0 Å². The van der Waals surface area contributed by atoms with Gasteiger partial charge in [0, 0.05) is 26.2 Å². The fraction of sp³-hybridized carbons (Fsp3) is 0.625. The molecule has 2 aliphatic rings. The van der Waals surface area contributed by atoms with Gasteiger partial charge in [0.25, 0.3) is 0 Å². The van der Waals surface area contributed by atoms with Gasteiger partial charge in [-0.1, -0.05) is 17.7 Å². The summed E-state index contributed by atoms with van der Waals surface area (Å²) < 4.78 is 0. The van der Waals surface area contributed by atoms with E-state index in [9.17, 15) is 5.11 Å². The van der Waals surface area contributed by atoms with E-state index >= 15 is 0 Å². The molecule has 20 heavy (non-hydrogen) atoms. The number of nitrogens with one attached hydrogen (secondary N) is 1. The van der Waals surface area contributed by atoms with Crippen molar-refractivity contribution in [3.05, 3.63) is 28.8 Å². The van der Waals surface area contributed by atoms with E-state index in [4.69, 9.17) is 11.6 Å². The zero-order valence-electron chi connectivity index (χ0n) is 12.0. The molecule has 1 aromatic carbocycles. The Labute approximate surface area is 125 Å². The van der Waals surface area contributed by atoms with E-state index in [0.717, 1.165) is 42.7 Å². The number of halogens is 1. The molecule has 0 atom stereocenters. The molecular formula is C16H23ClN2O. The molecule has 1 aromatic rings. The van der Waals surface area contributed by atoms with Crippen molar-refractivity contribution in [2.75, 3.05) is 18.5 Å². The van der Waals surface area contributed by atoms with Crippen molar-refractivity contribution in [3.8, 4) is 0 Å². The van der Waals surface area contributed by atoms with Crippen LogP contribution in [-0.4, -0.2) is 30.8 Å². The second-order valence-corrected chi connectivity index (χ2v) is 6.72. The SMILES string of the molecule is CN(CC1CC(O)C1)c1ccc(CNC2CC2)cc1Cl. The first-order valence-electron chi connectivity index (χ1n) is 7.53. The Kier molecular flexibility index (Phi) is 4.20. The fourth-order valence-electron chi connectivity index (χ4n) is 2.85. The van der Waals surface area contributed by atoms with E-state index in [0.29, 0.717) is 5.92 Å². The summed E-state index contributed by atoms with van der Waals surface area (Å²) in [6, 6.07) is 7.06. The lowest BCUT2D eigenvalue weighted by molar-refractivity contribution is 0.0465. The molecule has 3 rings (SSSR count). The van der Waals surface area contributed by atoms with Gasteiger partial charge in [-0.05, 0) is 49.3 Å². The first-order valence-corrected chi connectivity index (χ1v) is 7.90. The molecule has 2 fully saturated rings. The minimum absolute atomic E-state index is 0.0836. The Bertz CT molecular complexity index is 470. The number of benzene rings is 1. The van der Waals surface area contributed by atoms with E-state index in [1.807, 2.05) is 0 Å². The topological polar surface area (TPSA) is 35.5 Å². The van der Waals surface area contributed by atoms with Crippen LogP contribution in [0.3, 0.4) is 0 Å². The highest BCUT2D eigenvalue weighted by molar-refractivity contribution is 6.33. The first kappa shape index (κ1) is 14.2. The number of hydrogen-bond donors (Lipinski definition) is 2. The minimum Gasteiger partial charge on any atom is -0.393 e. The molecule has 0 aliphatic heterocycles. The number of nitrogens with zero attached hydrogens (tertiary/aromatic N) is 1. The van der Waals surface area contributed by atoms with Crippen LogP contribution in [0.15, 0.2) is 18.2 Å². The van der Waals surface area contributed by atoms with Crippen LogP contribution >= 0.6 is 11.6 Å². The quantitative estimate of drug-likeness (QED) is 0.847. The van der Waals surface area contributed by atoms with Crippen molar-refractivity contribution >= 4 is 17.3 Å². The largest absolute Gasteiger partial charge is 0.393 e. The summed E-state index contributed by atoms with van der Waals surface area (Å²) in [4.78, 5) is 2.21. The molecule has 0 unspecified atom stereocenters. The van der Waals surface area contributed by atoms with Gasteiger partial charge in [0.1, 0.15) is 0 Å². The number of aliphatic hydroxyl groups excluding tert-OH is 1. The third-order valence-corrected chi connectivity index (χ3v) is 4.64. The van der Waals surface area contributed by atoms with Crippen LogP contribution in [0.4, 0.5) is 5.69 Å². The summed E-state index contributed by atoms with van der Waals surface area (Å²) in [6.07, 6.45) is 4.38. The molecule has 0 heterocycles. The third-order valence-electron chi connectivity index (χ3n) is 4.34. The molecule has 2 aliphatic carbocycles.